The highest BCUT2D eigenvalue weighted by atomic mass is 35.5. The number of hydrogen-bond acceptors (Lipinski definition) is 3. The van der Waals surface area contributed by atoms with E-state index in [0.29, 0.717) is 10.6 Å². The molecule has 0 atom stereocenters. The van der Waals surface area contributed by atoms with Crippen molar-refractivity contribution >= 4 is 23.3 Å². The van der Waals surface area contributed by atoms with Gasteiger partial charge in [0, 0.05) is 24.3 Å². The third-order valence-electron chi connectivity index (χ3n) is 3.13. The van der Waals surface area contributed by atoms with E-state index >= 15 is 0 Å². The van der Waals surface area contributed by atoms with Gasteiger partial charge >= 0.3 is 0 Å². The highest BCUT2D eigenvalue weighted by Gasteiger charge is 2.19. The molecule has 1 aliphatic heterocycles. The van der Waals surface area contributed by atoms with Crippen LogP contribution in [0.2, 0.25) is 0 Å². The summed E-state index contributed by atoms with van der Waals surface area (Å²) in [6.45, 7) is 5.75. The largest absolute Gasteiger partial charge is 0.356 e. The van der Waals surface area contributed by atoms with Gasteiger partial charge in [-0.2, -0.15) is 0 Å². The van der Waals surface area contributed by atoms with Crippen molar-refractivity contribution in [3.8, 4) is 0 Å². The zero-order valence-electron chi connectivity index (χ0n) is 10.9. The lowest BCUT2D eigenvalue weighted by molar-refractivity contribution is 0.0957. The molecule has 1 saturated heterocycles. The monoisotopic (exact) mass is 279 g/mol. The van der Waals surface area contributed by atoms with Crippen LogP contribution in [0.3, 0.4) is 0 Å². The summed E-state index contributed by atoms with van der Waals surface area (Å²) in [6.07, 6.45) is 5.27. The number of rotatable bonds is 4. The van der Waals surface area contributed by atoms with E-state index in [2.05, 4.69) is 21.8 Å². The summed E-state index contributed by atoms with van der Waals surface area (Å²) in [5.41, 5.74) is 0.599. The van der Waals surface area contributed by atoms with Crippen LogP contribution >= 0.6 is 11.6 Å². The van der Waals surface area contributed by atoms with Gasteiger partial charge in [0.2, 0.25) is 0 Å². The number of pyridine rings is 1. The maximum absolute atomic E-state index is 12.1. The molecule has 0 saturated carbocycles. The molecule has 4 nitrogen and oxygen atoms in total. The summed E-state index contributed by atoms with van der Waals surface area (Å²) in [5.74, 6) is 0.607. The first-order valence-electron chi connectivity index (χ1n) is 6.50. The molecule has 0 aromatic carbocycles. The van der Waals surface area contributed by atoms with Gasteiger partial charge in [0.05, 0.1) is 12.1 Å². The van der Waals surface area contributed by atoms with Gasteiger partial charge < -0.3 is 10.2 Å². The third-order valence-corrected chi connectivity index (χ3v) is 3.26. The van der Waals surface area contributed by atoms with Crippen molar-refractivity contribution in [2.24, 2.45) is 0 Å². The minimum atomic E-state index is -0.157. The molecule has 2 rings (SSSR count). The van der Waals surface area contributed by atoms with Gasteiger partial charge in [0.15, 0.2) is 0 Å². The maximum Gasteiger partial charge on any atom is 0.255 e. The number of hydrogen-bond donors (Lipinski definition) is 1. The number of aromatic nitrogens is 1. The first kappa shape index (κ1) is 13.9. The summed E-state index contributed by atoms with van der Waals surface area (Å²) in [4.78, 5) is 18.7. The SMILES string of the molecule is C=C(Cl)CNC(=O)c1cccnc1N1CCCCC1. The van der Waals surface area contributed by atoms with E-state index in [1.165, 1.54) is 6.42 Å². The van der Waals surface area contributed by atoms with Gasteiger partial charge in [-0.05, 0) is 31.4 Å². The van der Waals surface area contributed by atoms with Crippen LogP contribution < -0.4 is 10.2 Å². The highest BCUT2D eigenvalue weighted by Crippen LogP contribution is 2.21. The Bertz CT molecular complexity index is 470. The predicted molar refractivity (Wildman–Crippen MR) is 77.6 cm³/mol. The Balaban J connectivity index is 2.15. The lowest BCUT2D eigenvalue weighted by Gasteiger charge is -2.29. The second-order valence-electron chi connectivity index (χ2n) is 4.62. The number of anilines is 1. The number of nitrogens with zero attached hydrogens (tertiary/aromatic N) is 2. The summed E-state index contributed by atoms with van der Waals surface area (Å²) in [6, 6.07) is 3.57. The van der Waals surface area contributed by atoms with Crippen LogP contribution in [-0.4, -0.2) is 30.5 Å². The van der Waals surface area contributed by atoms with Crippen molar-refractivity contribution in [1.82, 2.24) is 10.3 Å². The topological polar surface area (TPSA) is 45.2 Å². The van der Waals surface area contributed by atoms with Gasteiger partial charge in [-0.15, -0.1) is 0 Å². The lowest BCUT2D eigenvalue weighted by atomic mass is 10.1. The Labute approximate surface area is 118 Å². The summed E-state index contributed by atoms with van der Waals surface area (Å²) in [5, 5.41) is 3.15. The molecule has 0 bridgehead atoms. The Hall–Kier alpha value is -1.55. The molecule has 0 aliphatic carbocycles. The van der Waals surface area contributed by atoms with E-state index in [1.807, 2.05) is 0 Å². The molecule has 0 unspecified atom stereocenters. The van der Waals surface area contributed by atoms with Crippen molar-refractivity contribution in [3.05, 3.63) is 35.5 Å². The summed E-state index contributed by atoms with van der Waals surface area (Å²) < 4.78 is 0. The second-order valence-corrected chi connectivity index (χ2v) is 5.16. The molecular formula is C14H18ClN3O. The average molecular weight is 280 g/mol. The standard InChI is InChI=1S/C14H18ClN3O/c1-11(15)10-17-14(19)12-6-5-7-16-13(12)18-8-3-2-4-9-18/h5-7H,1-4,8-10H2,(H,17,19). The van der Waals surface area contributed by atoms with Crippen molar-refractivity contribution in [3.63, 3.8) is 0 Å². The zero-order chi connectivity index (χ0) is 13.7. The third kappa shape index (κ3) is 3.70. The minimum Gasteiger partial charge on any atom is -0.356 e. The molecule has 1 amide bonds. The van der Waals surface area contributed by atoms with Gasteiger partial charge in [-0.1, -0.05) is 18.2 Å². The van der Waals surface area contributed by atoms with Crippen molar-refractivity contribution in [2.75, 3.05) is 24.5 Å². The molecule has 1 aliphatic rings. The van der Waals surface area contributed by atoms with Crippen LogP contribution in [0.4, 0.5) is 5.82 Å². The van der Waals surface area contributed by atoms with Crippen molar-refractivity contribution < 1.29 is 4.79 Å². The van der Waals surface area contributed by atoms with Crippen LogP contribution in [0.5, 0.6) is 0 Å². The number of amides is 1. The molecule has 1 aromatic rings. The Kier molecular flexibility index (Phi) is 4.80. The molecular weight excluding hydrogens is 262 g/mol. The smallest absolute Gasteiger partial charge is 0.255 e. The van der Waals surface area contributed by atoms with Crippen LogP contribution in [0.25, 0.3) is 0 Å². The fraction of sp³-hybridized carbons (Fsp3) is 0.429. The van der Waals surface area contributed by atoms with E-state index < -0.39 is 0 Å². The summed E-state index contributed by atoms with van der Waals surface area (Å²) >= 11 is 5.66. The second kappa shape index (κ2) is 6.57. The Morgan fingerprint density at radius 3 is 2.84 bits per heavy atom. The van der Waals surface area contributed by atoms with Gasteiger partial charge in [0.1, 0.15) is 5.82 Å². The molecule has 1 fully saturated rings. The Morgan fingerprint density at radius 1 is 1.42 bits per heavy atom. The molecule has 19 heavy (non-hydrogen) atoms. The van der Waals surface area contributed by atoms with Gasteiger partial charge in [0.25, 0.3) is 5.91 Å². The maximum atomic E-state index is 12.1. The molecule has 0 radical (unpaired) electrons. The van der Waals surface area contributed by atoms with Crippen molar-refractivity contribution in [2.45, 2.75) is 19.3 Å². The zero-order valence-corrected chi connectivity index (χ0v) is 11.6. The first-order chi connectivity index (χ1) is 9.18. The van der Waals surface area contributed by atoms with Crippen LogP contribution in [0.1, 0.15) is 29.6 Å². The van der Waals surface area contributed by atoms with Gasteiger partial charge in [-0.3, -0.25) is 4.79 Å². The normalized spacial score (nSPS) is 15.1. The molecule has 1 N–H and O–H groups in total. The molecule has 1 aromatic heterocycles. The molecule has 102 valence electrons. The number of carbonyl (C=O) groups is 1. The quantitative estimate of drug-likeness (QED) is 0.921. The van der Waals surface area contributed by atoms with Crippen LogP contribution in [-0.2, 0) is 0 Å². The van der Waals surface area contributed by atoms with Gasteiger partial charge in [-0.25, -0.2) is 4.98 Å². The van der Waals surface area contributed by atoms with E-state index in [4.69, 9.17) is 11.6 Å². The van der Waals surface area contributed by atoms with Crippen molar-refractivity contribution in [1.29, 1.82) is 0 Å². The number of carbonyl (C=O) groups excluding carboxylic acids is 1. The molecule has 5 heteroatoms. The lowest BCUT2D eigenvalue weighted by Crippen LogP contribution is -2.33. The van der Waals surface area contributed by atoms with E-state index in [-0.39, 0.29) is 12.5 Å². The number of halogens is 1. The number of piperidine rings is 1. The molecule has 2 heterocycles. The van der Waals surface area contributed by atoms with E-state index in [9.17, 15) is 4.79 Å². The molecule has 0 spiro atoms. The Morgan fingerprint density at radius 2 is 2.16 bits per heavy atom. The fourth-order valence-electron chi connectivity index (χ4n) is 2.20. The number of nitrogens with one attached hydrogen (secondary N) is 1. The first-order valence-corrected chi connectivity index (χ1v) is 6.87. The fourth-order valence-corrected chi connectivity index (χ4v) is 2.27. The van der Waals surface area contributed by atoms with E-state index in [0.717, 1.165) is 31.7 Å². The predicted octanol–water partition coefficient (Wildman–Crippen LogP) is 2.55. The highest BCUT2D eigenvalue weighted by molar-refractivity contribution is 6.29. The summed E-state index contributed by atoms with van der Waals surface area (Å²) in [7, 11) is 0. The van der Waals surface area contributed by atoms with E-state index in [1.54, 1.807) is 18.3 Å². The minimum absolute atomic E-state index is 0.157. The van der Waals surface area contributed by atoms with Crippen LogP contribution in [0, 0.1) is 0 Å². The average Bonchev–Trinajstić information content (AvgIpc) is 2.45. The van der Waals surface area contributed by atoms with Crippen LogP contribution in [0.15, 0.2) is 29.9 Å².